The zero-order valence-corrected chi connectivity index (χ0v) is 17.6. The molecule has 1 heteroatoms. The summed E-state index contributed by atoms with van der Waals surface area (Å²) in [7, 11) is 0. The molecule has 0 radical (unpaired) electrons. The summed E-state index contributed by atoms with van der Waals surface area (Å²) >= 11 is 0. The predicted molar refractivity (Wildman–Crippen MR) is 95.0 cm³/mol. The average molecular weight is 380 g/mol. The van der Waals surface area contributed by atoms with Gasteiger partial charge in [-0.05, 0) is 42.2 Å². The maximum Gasteiger partial charge on any atom is 3.00 e. The van der Waals surface area contributed by atoms with Crippen molar-refractivity contribution in [3.05, 3.63) is 59.2 Å². The quantitative estimate of drug-likeness (QED) is 0.562. The molecule has 2 aromatic rings. The number of aryl methyl sites for hydroxylation is 2. The summed E-state index contributed by atoms with van der Waals surface area (Å²) in [5, 5.41) is 0. The molecule has 0 aliphatic heterocycles. The molecule has 0 atom stereocenters. The summed E-state index contributed by atoms with van der Waals surface area (Å²) in [5.74, 6) is 1.85. The molecule has 1 fully saturated rings. The Hall–Kier alpha value is -0.456. The van der Waals surface area contributed by atoms with Gasteiger partial charge >= 0.3 is 32.7 Å². The largest absolute Gasteiger partial charge is 3.00 e. The van der Waals surface area contributed by atoms with Crippen molar-refractivity contribution in [3.63, 3.8) is 0 Å². The van der Waals surface area contributed by atoms with Crippen molar-refractivity contribution in [2.45, 2.75) is 52.9 Å². The molecule has 2 aromatic carbocycles. The summed E-state index contributed by atoms with van der Waals surface area (Å²) in [6.45, 7) is 6.64. The second kappa shape index (κ2) is 8.59. The topological polar surface area (TPSA) is 0 Å². The summed E-state index contributed by atoms with van der Waals surface area (Å²) < 4.78 is 0. The minimum atomic E-state index is 0. The fourth-order valence-corrected chi connectivity index (χ4v) is 3.76. The maximum absolute atomic E-state index is 3.35. The minimum absolute atomic E-state index is 0. The van der Waals surface area contributed by atoms with Crippen molar-refractivity contribution in [3.8, 4) is 11.1 Å². The Bertz CT molecular complexity index is 599. The first-order valence-electron chi connectivity index (χ1n) is 8.70. The van der Waals surface area contributed by atoms with Crippen LogP contribution in [-0.2, 0) is 39.1 Å². The van der Waals surface area contributed by atoms with Crippen LogP contribution in [-0.4, -0.2) is 0 Å². The van der Waals surface area contributed by atoms with E-state index in [0.29, 0.717) is 0 Å². The zero-order valence-electron chi connectivity index (χ0n) is 14.7. The molecule has 1 saturated carbocycles. The molecule has 116 valence electrons. The number of rotatable bonds is 3. The molecule has 0 heterocycles. The molecule has 0 nitrogen and oxygen atoms in total. The zero-order chi connectivity index (χ0) is 15.5. The Morgan fingerprint density at radius 1 is 0.870 bits per heavy atom. The van der Waals surface area contributed by atoms with Gasteiger partial charge < -0.3 is 0 Å². The van der Waals surface area contributed by atoms with Crippen molar-refractivity contribution in [2.24, 2.45) is 11.8 Å². The molecule has 3 rings (SSSR count). The standard InChI is InChI=1S/C22H27.Y/c1-16-4-6-19(7-5-16)15-20-8-10-21(11-9-20)22-13-17(2)12-18(3)14-22;/h8-11,13-14,16,19H,4-7,15H2,1-3H3;/q-1;+3. The third kappa shape index (κ3) is 5.26. The van der Waals surface area contributed by atoms with Gasteiger partial charge in [0.15, 0.2) is 0 Å². The van der Waals surface area contributed by atoms with Crippen LogP contribution in [0.4, 0.5) is 0 Å². The van der Waals surface area contributed by atoms with Crippen LogP contribution in [0.1, 0.15) is 49.3 Å². The van der Waals surface area contributed by atoms with Crippen molar-refractivity contribution in [1.82, 2.24) is 0 Å². The molecule has 0 aromatic heterocycles. The second-order valence-electron chi connectivity index (χ2n) is 7.26. The van der Waals surface area contributed by atoms with Crippen LogP contribution >= 0.6 is 0 Å². The van der Waals surface area contributed by atoms with E-state index in [1.165, 1.54) is 59.9 Å². The van der Waals surface area contributed by atoms with Crippen molar-refractivity contribution >= 4 is 0 Å². The summed E-state index contributed by atoms with van der Waals surface area (Å²) in [4.78, 5) is 0. The van der Waals surface area contributed by atoms with Gasteiger partial charge in [-0.1, -0.05) is 57.9 Å². The molecule has 0 saturated heterocycles. The molecular formula is C22H27Y+2. The maximum atomic E-state index is 3.35. The van der Waals surface area contributed by atoms with E-state index in [0.717, 1.165) is 11.8 Å². The van der Waals surface area contributed by atoms with E-state index in [9.17, 15) is 0 Å². The van der Waals surface area contributed by atoms with Gasteiger partial charge in [-0.2, -0.15) is 29.3 Å². The first-order valence-corrected chi connectivity index (χ1v) is 8.70. The average Bonchev–Trinajstić information content (AvgIpc) is 2.49. The van der Waals surface area contributed by atoms with E-state index >= 15 is 0 Å². The minimum Gasteiger partial charge on any atom is -0.177 e. The van der Waals surface area contributed by atoms with Gasteiger partial charge in [0.25, 0.3) is 0 Å². The van der Waals surface area contributed by atoms with Gasteiger partial charge in [0.05, 0.1) is 0 Å². The smallest absolute Gasteiger partial charge is 0.177 e. The fourth-order valence-electron chi connectivity index (χ4n) is 3.76. The first-order chi connectivity index (χ1) is 10.6. The Kier molecular flexibility index (Phi) is 7.05. The molecule has 1 aliphatic rings. The van der Waals surface area contributed by atoms with Crippen LogP contribution < -0.4 is 0 Å². The van der Waals surface area contributed by atoms with Gasteiger partial charge in [-0.15, -0.1) is 5.56 Å². The summed E-state index contributed by atoms with van der Waals surface area (Å²) in [5.41, 5.74) is 6.57. The van der Waals surface area contributed by atoms with E-state index in [1.54, 1.807) is 0 Å². The van der Waals surface area contributed by atoms with Crippen LogP contribution in [0.3, 0.4) is 0 Å². The monoisotopic (exact) mass is 380 g/mol. The summed E-state index contributed by atoms with van der Waals surface area (Å²) in [6, 6.07) is 17.0. The SMILES string of the molecule is Cc1[c-]c(C)cc(-c2ccc(CC3CCC(C)CC3)cc2)c1.[Y+3]. The van der Waals surface area contributed by atoms with Gasteiger partial charge in [0.2, 0.25) is 0 Å². The Balaban J connectivity index is 0.00000192. The third-order valence-corrected chi connectivity index (χ3v) is 5.09. The Labute approximate surface area is 167 Å². The van der Waals surface area contributed by atoms with Crippen LogP contribution in [0, 0.1) is 31.7 Å². The van der Waals surface area contributed by atoms with E-state index in [1.807, 2.05) is 0 Å². The van der Waals surface area contributed by atoms with Crippen molar-refractivity contribution in [1.29, 1.82) is 0 Å². The molecule has 0 bridgehead atoms. The number of benzene rings is 2. The first kappa shape index (κ1) is 18.9. The normalized spacial score (nSPS) is 20.8. The molecule has 1 aliphatic carbocycles. The van der Waals surface area contributed by atoms with E-state index in [-0.39, 0.29) is 32.7 Å². The van der Waals surface area contributed by atoms with E-state index in [2.05, 4.69) is 63.2 Å². The molecule has 0 unspecified atom stereocenters. The molecule has 0 amide bonds. The van der Waals surface area contributed by atoms with Crippen LogP contribution in [0.2, 0.25) is 0 Å². The molecular weight excluding hydrogens is 353 g/mol. The van der Waals surface area contributed by atoms with Gasteiger partial charge in [0, 0.05) is 0 Å². The fraction of sp³-hybridized carbons (Fsp3) is 0.455. The van der Waals surface area contributed by atoms with Crippen LogP contribution in [0.25, 0.3) is 11.1 Å². The van der Waals surface area contributed by atoms with Crippen LogP contribution in [0.5, 0.6) is 0 Å². The van der Waals surface area contributed by atoms with E-state index in [4.69, 9.17) is 0 Å². The Morgan fingerprint density at radius 2 is 1.43 bits per heavy atom. The van der Waals surface area contributed by atoms with Gasteiger partial charge in [-0.25, -0.2) is 0 Å². The molecule has 0 spiro atoms. The van der Waals surface area contributed by atoms with Gasteiger partial charge in [-0.3, -0.25) is 0 Å². The van der Waals surface area contributed by atoms with Crippen LogP contribution in [0.15, 0.2) is 36.4 Å². The van der Waals surface area contributed by atoms with E-state index < -0.39 is 0 Å². The van der Waals surface area contributed by atoms with Crippen molar-refractivity contribution in [2.75, 3.05) is 0 Å². The second-order valence-corrected chi connectivity index (χ2v) is 7.26. The van der Waals surface area contributed by atoms with Gasteiger partial charge in [0.1, 0.15) is 0 Å². The number of hydrogen-bond donors (Lipinski definition) is 0. The molecule has 23 heavy (non-hydrogen) atoms. The Morgan fingerprint density at radius 3 is 2.00 bits per heavy atom. The van der Waals surface area contributed by atoms with Crippen molar-refractivity contribution < 1.29 is 32.7 Å². The number of hydrogen-bond acceptors (Lipinski definition) is 0. The molecule has 0 N–H and O–H groups in total. The predicted octanol–water partition coefficient (Wildman–Crippen LogP) is 6.14. The third-order valence-electron chi connectivity index (χ3n) is 5.09. The summed E-state index contributed by atoms with van der Waals surface area (Å²) in [6.07, 6.45) is 6.92.